The third-order valence-corrected chi connectivity index (χ3v) is 3.96. The number of nitrogen functional groups attached to an aromatic ring is 1. The maximum absolute atomic E-state index is 12.4. The smallest absolute Gasteiger partial charge is 0.251 e. The average molecular weight is 292 g/mol. The van der Waals surface area contributed by atoms with Crippen molar-refractivity contribution in [2.75, 3.05) is 5.43 Å². The van der Waals surface area contributed by atoms with Crippen LogP contribution in [-0.2, 0) is 0 Å². The number of anilines is 1. The molecule has 5 heteroatoms. The number of rotatable bonds is 7. The molecule has 1 heterocycles. The fourth-order valence-corrected chi connectivity index (χ4v) is 2.46. The second-order valence-corrected chi connectivity index (χ2v) is 5.80. The first-order chi connectivity index (χ1) is 9.92. The van der Waals surface area contributed by atoms with Gasteiger partial charge in [-0.25, -0.2) is 10.8 Å². The van der Waals surface area contributed by atoms with Gasteiger partial charge >= 0.3 is 0 Å². The monoisotopic (exact) mass is 292 g/mol. The zero-order chi connectivity index (χ0) is 16.0. The van der Waals surface area contributed by atoms with Gasteiger partial charge in [-0.15, -0.1) is 0 Å². The number of hydrogen-bond donors (Lipinski definition) is 3. The minimum Gasteiger partial charge on any atom is -0.349 e. The van der Waals surface area contributed by atoms with Crippen molar-refractivity contribution in [1.29, 1.82) is 0 Å². The first-order valence-corrected chi connectivity index (χ1v) is 7.72. The molecule has 1 aromatic heterocycles. The minimum absolute atomic E-state index is 0.0739. The molecule has 0 bridgehead atoms. The van der Waals surface area contributed by atoms with Crippen molar-refractivity contribution >= 4 is 11.7 Å². The molecule has 1 rings (SSSR count). The van der Waals surface area contributed by atoms with Gasteiger partial charge in [0, 0.05) is 17.3 Å². The van der Waals surface area contributed by atoms with E-state index in [1.807, 2.05) is 19.9 Å². The summed E-state index contributed by atoms with van der Waals surface area (Å²) in [5.41, 5.74) is 3.97. The van der Waals surface area contributed by atoms with E-state index in [1.54, 1.807) is 6.07 Å². The second-order valence-electron chi connectivity index (χ2n) is 5.80. The van der Waals surface area contributed by atoms with Crippen LogP contribution < -0.4 is 16.6 Å². The van der Waals surface area contributed by atoms with E-state index in [0.29, 0.717) is 17.3 Å². The van der Waals surface area contributed by atoms with Gasteiger partial charge in [0.25, 0.3) is 5.91 Å². The van der Waals surface area contributed by atoms with Gasteiger partial charge in [0.2, 0.25) is 0 Å². The first-order valence-electron chi connectivity index (χ1n) is 7.72. The molecule has 1 amide bonds. The molecule has 0 radical (unpaired) electrons. The standard InChI is InChI=1S/C16H28N4O/c1-6-12(7-2)11(5)18-16(21)13-8-14(10(3)4)19-15(9-13)20-17/h8-12H,6-7,17H2,1-5H3,(H,18,21)(H,19,20). The van der Waals surface area contributed by atoms with Crippen LogP contribution in [0.3, 0.4) is 0 Å². The van der Waals surface area contributed by atoms with Gasteiger partial charge in [0.15, 0.2) is 0 Å². The lowest BCUT2D eigenvalue weighted by Crippen LogP contribution is -2.37. The quantitative estimate of drug-likeness (QED) is 0.533. The Bertz CT molecular complexity index is 469. The number of nitrogens with zero attached hydrogens (tertiary/aromatic N) is 1. The summed E-state index contributed by atoms with van der Waals surface area (Å²) >= 11 is 0. The lowest BCUT2D eigenvalue weighted by atomic mass is 9.95. The zero-order valence-electron chi connectivity index (χ0n) is 13.7. The van der Waals surface area contributed by atoms with Gasteiger partial charge in [-0.2, -0.15) is 0 Å². The molecule has 0 aliphatic heterocycles. The van der Waals surface area contributed by atoms with Crippen LogP contribution in [0, 0.1) is 5.92 Å². The number of hydrogen-bond acceptors (Lipinski definition) is 4. The highest BCUT2D eigenvalue weighted by molar-refractivity contribution is 5.95. The Balaban J connectivity index is 2.93. The van der Waals surface area contributed by atoms with Crippen LogP contribution in [0.15, 0.2) is 12.1 Å². The Kier molecular flexibility index (Phi) is 6.62. The maximum atomic E-state index is 12.4. The Labute approximate surface area is 127 Å². The highest BCUT2D eigenvalue weighted by Crippen LogP contribution is 2.18. The summed E-state index contributed by atoms with van der Waals surface area (Å²) < 4.78 is 0. The predicted molar refractivity (Wildman–Crippen MR) is 87.1 cm³/mol. The predicted octanol–water partition coefficient (Wildman–Crippen LogP) is 3.05. The number of amides is 1. The molecule has 0 saturated heterocycles. The van der Waals surface area contributed by atoms with Gasteiger partial charge in [0.05, 0.1) is 0 Å². The fourth-order valence-electron chi connectivity index (χ4n) is 2.46. The third-order valence-electron chi connectivity index (χ3n) is 3.96. The molecule has 21 heavy (non-hydrogen) atoms. The largest absolute Gasteiger partial charge is 0.349 e. The van der Waals surface area contributed by atoms with E-state index in [1.165, 1.54) is 0 Å². The van der Waals surface area contributed by atoms with Gasteiger partial charge in [-0.05, 0) is 30.9 Å². The molecule has 1 atom stereocenters. The van der Waals surface area contributed by atoms with Crippen molar-refractivity contribution < 1.29 is 4.79 Å². The number of pyridine rings is 1. The molecule has 0 aromatic carbocycles. The zero-order valence-corrected chi connectivity index (χ0v) is 13.7. The SMILES string of the molecule is CCC(CC)C(C)NC(=O)c1cc(NN)nc(C(C)C)c1. The molecular formula is C16H28N4O. The lowest BCUT2D eigenvalue weighted by Gasteiger charge is -2.22. The minimum atomic E-state index is -0.0739. The molecule has 1 unspecified atom stereocenters. The second kappa shape index (κ2) is 7.98. The van der Waals surface area contributed by atoms with Crippen LogP contribution in [0.4, 0.5) is 5.82 Å². The van der Waals surface area contributed by atoms with Crippen molar-refractivity contribution in [1.82, 2.24) is 10.3 Å². The van der Waals surface area contributed by atoms with Gasteiger partial charge in [0.1, 0.15) is 5.82 Å². The normalized spacial score (nSPS) is 12.6. The van der Waals surface area contributed by atoms with E-state index < -0.39 is 0 Å². The Morgan fingerprint density at radius 1 is 1.24 bits per heavy atom. The van der Waals surface area contributed by atoms with E-state index >= 15 is 0 Å². The van der Waals surface area contributed by atoms with E-state index in [2.05, 4.69) is 36.5 Å². The van der Waals surface area contributed by atoms with Crippen molar-refractivity contribution in [3.05, 3.63) is 23.4 Å². The number of nitrogens with two attached hydrogens (primary N) is 1. The number of carbonyl (C=O) groups excluding carboxylic acids is 1. The van der Waals surface area contributed by atoms with Crippen LogP contribution in [0.1, 0.15) is 69.4 Å². The molecule has 0 spiro atoms. The number of hydrazine groups is 1. The van der Waals surface area contributed by atoms with E-state index in [4.69, 9.17) is 5.84 Å². The van der Waals surface area contributed by atoms with Crippen LogP contribution in [0.25, 0.3) is 0 Å². The van der Waals surface area contributed by atoms with Gasteiger partial charge < -0.3 is 10.7 Å². The fraction of sp³-hybridized carbons (Fsp3) is 0.625. The topological polar surface area (TPSA) is 80.0 Å². The highest BCUT2D eigenvalue weighted by atomic mass is 16.1. The lowest BCUT2D eigenvalue weighted by molar-refractivity contribution is 0.0925. The van der Waals surface area contributed by atoms with Gasteiger partial charge in [-0.3, -0.25) is 4.79 Å². The summed E-state index contributed by atoms with van der Waals surface area (Å²) in [6, 6.07) is 3.67. The highest BCUT2D eigenvalue weighted by Gasteiger charge is 2.18. The summed E-state index contributed by atoms with van der Waals surface area (Å²) in [5.74, 6) is 6.61. The van der Waals surface area contributed by atoms with E-state index in [0.717, 1.165) is 18.5 Å². The van der Waals surface area contributed by atoms with Crippen LogP contribution in [0.2, 0.25) is 0 Å². The summed E-state index contributed by atoms with van der Waals surface area (Å²) in [6.45, 7) is 10.4. The Morgan fingerprint density at radius 3 is 2.33 bits per heavy atom. The number of carbonyl (C=O) groups is 1. The van der Waals surface area contributed by atoms with Crippen molar-refractivity contribution in [3.8, 4) is 0 Å². The van der Waals surface area contributed by atoms with E-state index in [9.17, 15) is 4.79 Å². The molecular weight excluding hydrogens is 264 g/mol. The molecule has 0 saturated carbocycles. The summed E-state index contributed by atoms with van der Waals surface area (Å²) in [7, 11) is 0. The van der Waals surface area contributed by atoms with Crippen molar-refractivity contribution in [3.63, 3.8) is 0 Å². The van der Waals surface area contributed by atoms with Crippen LogP contribution in [0.5, 0.6) is 0 Å². The molecule has 5 nitrogen and oxygen atoms in total. The van der Waals surface area contributed by atoms with Crippen molar-refractivity contribution in [2.45, 2.75) is 59.4 Å². The number of nitrogens with one attached hydrogen (secondary N) is 2. The van der Waals surface area contributed by atoms with Gasteiger partial charge in [-0.1, -0.05) is 40.5 Å². The average Bonchev–Trinajstić information content (AvgIpc) is 2.47. The molecule has 0 aliphatic rings. The molecule has 4 N–H and O–H groups in total. The molecule has 0 fully saturated rings. The van der Waals surface area contributed by atoms with Crippen LogP contribution >= 0.6 is 0 Å². The Morgan fingerprint density at radius 2 is 1.86 bits per heavy atom. The molecule has 118 valence electrons. The molecule has 0 aliphatic carbocycles. The summed E-state index contributed by atoms with van der Waals surface area (Å²) in [6.07, 6.45) is 2.11. The third kappa shape index (κ3) is 4.70. The first kappa shape index (κ1) is 17.4. The van der Waals surface area contributed by atoms with E-state index in [-0.39, 0.29) is 17.9 Å². The van der Waals surface area contributed by atoms with Crippen LogP contribution in [-0.4, -0.2) is 16.9 Å². The summed E-state index contributed by atoms with van der Waals surface area (Å²) in [4.78, 5) is 16.8. The molecule has 1 aromatic rings. The summed E-state index contributed by atoms with van der Waals surface area (Å²) in [5, 5.41) is 3.08. The van der Waals surface area contributed by atoms with Crippen molar-refractivity contribution in [2.24, 2.45) is 11.8 Å². The Hall–Kier alpha value is -1.62. The number of aromatic nitrogens is 1. The maximum Gasteiger partial charge on any atom is 0.251 e.